The van der Waals surface area contributed by atoms with E-state index in [9.17, 15) is 9.59 Å². The molecule has 0 bridgehead atoms. The predicted molar refractivity (Wildman–Crippen MR) is 119 cm³/mol. The van der Waals surface area contributed by atoms with Crippen LogP contribution in [-0.2, 0) is 9.53 Å². The maximum Gasteiger partial charge on any atom is 0.336 e. The summed E-state index contributed by atoms with van der Waals surface area (Å²) in [4.78, 5) is 26.2. The molecule has 0 saturated heterocycles. The van der Waals surface area contributed by atoms with Crippen LogP contribution in [0.3, 0.4) is 0 Å². The maximum absolute atomic E-state index is 13.4. The van der Waals surface area contributed by atoms with Gasteiger partial charge in [-0.25, -0.2) is 4.79 Å². The molecule has 0 radical (unpaired) electrons. The van der Waals surface area contributed by atoms with Crippen molar-refractivity contribution in [2.45, 2.75) is 19.8 Å². The van der Waals surface area contributed by atoms with E-state index in [-0.39, 0.29) is 12.4 Å². The number of ether oxygens (including phenoxy) is 2. The maximum atomic E-state index is 13.4. The lowest BCUT2D eigenvalue weighted by Gasteiger charge is -2.29. The molecule has 1 aliphatic carbocycles. The van der Waals surface area contributed by atoms with E-state index < -0.39 is 11.9 Å². The first-order valence-electron chi connectivity index (χ1n) is 9.34. The van der Waals surface area contributed by atoms with Crippen LogP contribution in [0.4, 0.5) is 0 Å². The van der Waals surface area contributed by atoms with Gasteiger partial charge in [0.2, 0.25) is 0 Å². The molecule has 0 saturated carbocycles. The van der Waals surface area contributed by atoms with Crippen LogP contribution in [0, 0.1) is 3.57 Å². The number of Topliss-reactive ketones (excluding diaryl/α,β-unsaturated/α-hetero) is 1. The summed E-state index contributed by atoms with van der Waals surface area (Å²) < 4.78 is 11.6. The van der Waals surface area contributed by atoms with Crippen molar-refractivity contribution in [1.82, 2.24) is 5.32 Å². The van der Waals surface area contributed by atoms with Gasteiger partial charge in [-0.1, -0.05) is 30.3 Å². The first-order chi connectivity index (χ1) is 14.0. The molecule has 1 atom stereocenters. The molecule has 2 aliphatic rings. The number of allylic oxidation sites excluding steroid dienone is 2. The molecule has 0 unspecified atom stereocenters. The van der Waals surface area contributed by atoms with E-state index in [1.807, 2.05) is 49.4 Å². The normalized spacial score (nSPS) is 17.7. The standard InChI is InChI=1S/C23H20INO4/c1-4-29-23(27)18-12(2)25-21-14-7-5-6-8-15(14)22(26)20(21)19(18)13-9-10-17(28-3)16(24)11-13/h5-11,19,25H,4H2,1-3H3/t19-/m0/s1. The number of nitrogens with one attached hydrogen (secondary N) is 1. The Balaban J connectivity index is 1.93. The van der Waals surface area contributed by atoms with Gasteiger partial charge in [-0.2, -0.15) is 0 Å². The van der Waals surface area contributed by atoms with Crippen LogP contribution in [-0.4, -0.2) is 25.5 Å². The molecule has 1 aliphatic heterocycles. The molecule has 0 fully saturated rings. The molecular formula is C23H20INO4. The molecule has 2 aromatic rings. The summed E-state index contributed by atoms with van der Waals surface area (Å²) in [7, 11) is 1.62. The van der Waals surface area contributed by atoms with E-state index in [1.165, 1.54) is 0 Å². The summed E-state index contributed by atoms with van der Waals surface area (Å²) in [6.45, 7) is 3.89. The van der Waals surface area contributed by atoms with E-state index in [4.69, 9.17) is 9.47 Å². The molecule has 0 aromatic heterocycles. The summed E-state index contributed by atoms with van der Waals surface area (Å²) in [6, 6.07) is 13.3. The Morgan fingerprint density at radius 2 is 1.90 bits per heavy atom. The predicted octanol–water partition coefficient (Wildman–Crippen LogP) is 4.43. The fourth-order valence-electron chi connectivity index (χ4n) is 4.00. The second kappa shape index (κ2) is 7.67. The quantitative estimate of drug-likeness (QED) is 0.496. The van der Waals surface area contributed by atoms with Crippen molar-refractivity contribution in [3.8, 4) is 5.75 Å². The molecule has 2 aromatic carbocycles. The third-order valence-corrected chi connectivity index (χ3v) is 6.10. The van der Waals surface area contributed by atoms with Crippen molar-refractivity contribution in [3.05, 3.63) is 79.6 Å². The van der Waals surface area contributed by atoms with Crippen LogP contribution in [0.15, 0.2) is 59.3 Å². The Kier molecular flexibility index (Phi) is 5.21. The van der Waals surface area contributed by atoms with Gasteiger partial charge >= 0.3 is 5.97 Å². The number of fused-ring (bicyclic) bond motifs is 2. The number of rotatable bonds is 4. The molecule has 0 amide bonds. The summed E-state index contributed by atoms with van der Waals surface area (Å²) in [5, 5.41) is 3.30. The fourth-order valence-corrected chi connectivity index (χ4v) is 4.76. The number of halogens is 1. The number of benzene rings is 2. The van der Waals surface area contributed by atoms with Crippen LogP contribution < -0.4 is 10.1 Å². The number of methoxy groups -OCH3 is 1. The fraction of sp³-hybridized carbons (Fsp3) is 0.217. The highest BCUT2D eigenvalue weighted by Crippen LogP contribution is 2.47. The first kappa shape index (κ1) is 19.7. The van der Waals surface area contributed by atoms with Crippen molar-refractivity contribution >= 4 is 40.0 Å². The Hall–Kier alpha value is -2.61. The minimum absolute atomic E-state index is 0.0618. The minimum Gasteiger partial charge on any atom is -0.496 e. The Morgan fingerprint density at radius 1 is 1.17 bits per heavy atom. The van der Waals surface area contributed by atoms with Crippen molar-refractivity contribution in [1.29, 1.82) is 0 Å². The van der Waals surface area contributed by atoms with Gasteiger partial charge in [0.15, 0.2) is 5.78 Å². The lowest BCUT2D eigenvalue weighted by atomic mass is 9.80. The van der Waals surface area contributed by atoms with E-state index >= 15 is 0 Å². The zero-order chi connectivity index (χ0) is 20.7. The van der Waals surface area contributed by atoms with Gasteiger partial charge in [-0.05, 0) is 54.1 Å². The summed E-state index contributed by atoms with van der Waals surface area (Å²) in [5.41, 5.74) is 4.88. The molecular weight excluding hydrogens is 481 g/mol. The molecule has 0 spiro atoms. The second-order valence-electron chi connectivity index (χ2n) is 6.87. The number of dihydropyridines is 1. The Morgan fingerprint density at radius 3 is 2.55 bits per heavy atom. The molecule has 6 heteroatoms. The summed E-state index contributed by atoms with van der Waals surface area (Å²) in [5.74, 6) is -0.238. The average molecular weight is 501 g/mol. The SMILES string of the molecule is CCOC(=O)C1=C(C)NC2=C(C(=O)c3ccccc32)[C@H]1c1ccc(OC)c(I)c1. The van der Waals surface area contributed by atoms with Gasteiger partial charge in [-0.15, -0.1) is 0 Å². The van der Waals surface area contributed by atoms with E-state index in [2.05, 4.69) is 27.9 Å². The van der Waals surface area contributed by atoms with Crippen LogP contribution >= 0.6 is 22.6 Å². The monoisotopic (exact) mass is 501 g/mol. The van der Waals surface area contributed by atoms with Crippen molar-refractivity contribution in [3.63, 3.8) is 0 Å². The third kappa shape index (κ3) is 3.15. The number of hydrogen-bond donors (Lipinski definition) is 1. The number of ketones is 1. The molecule has 148 valence electrons. The van der Waals surface area contributed by atoms with Crippen LogP contribution in [0.2, 0.25) is 0 Å². The summed E-state index contributed by atoms with van der Waals surface area (Å²) >= 11 is 2.20. The second-order valence-corrected chi connectivity index (χ2v) is 8.04. The topological polar surface area (TPSA) is 64.6 Å². The van der Waals surface area contributed by atoms with Gasteiger partial charge in [0.1, 0.15) is 5.75 Å². The van der Waals surface area contributed by atoms with Crippen molar-refractivity contribution in [2.24, 2.45) is 0 Å². The van der Waals surface area contributed by atoms with Crippen LogP contribution in [0.25, 0.3) is 5.70 Å². The van der Waals surface area contributed by atoms with E-state index in [1.54, 1.807) is 14.0 Å². The van der Waals surface area contributed by atoms with Gasteiger partial charge in [0.25, 0.3) is 0 Å². The van der Waals surface area contributed by atoms with Gasteiger partial charge in [0, 0.05) is 28.3 Å². The zero-order valence-electron chi connectivity index (χ0n) is 16.3. The zero-order valence-corrected chi connectivity index (χ0v) is 18.5. The van der Waals surface area contributed by atoms with Gasteiger partial charge in [0.05, 0.1) is 28.6 Å². The Labute approximate surface area is 182 Å². The molecule has 1 heterocycles. The van der Waals surface area contributed by atoms with Gasteiger partial charge in [-0.3, -0.25) is 4.79 Å². The molecule has 1 N–H and O–H groups in total. The molecule has 4 rings (SSSR count). The highest BCUT2D eigenvalue weighted by Gasteiger charge is 2.42. The largest absolute Gasteiger partial charge is 0.496 e. The first-order valence-corrected chi connectivity index (χ1v) is 10.4. The molecule has 5 nitrogen and oxygen atoms in total. The Bertz CT molecular complexity index is 1100. The van der Waals surface area contributed by atoms with E-state index in [0.29, 0.717) is 22.4 Å². The number of carbonyl (C=O) groups excluding carboxylic acids is 2. The number of esters is 1. The van der Waals surface area contributed by atoms with Gasteiger partial charge < -0.3 is 14.8 Å². The minimum atomic E-state index is -0.510. The molecule has 29 heavy (non-hydrogen) atoms. The van der Waals surface area contributed by atoms with Crippen molar-refractivity contribution in [2.75, 3.05) is 13.7 Å². The van der Waals surface area contributed by atoms with Crippen molar-refractivity contribution < 1.29 is 19.1 Å². The highest BCUT2D eigenvalue weighted by molar-refractivity contribution is 14.1. The number of carbonyl (C=O) groups is 2. The smallest absolute Gasteiger partial charge is 0.336 e. The van der Waals surface area contributed by atoms with Crippen LogP contribution in [0.5, 0.6) is 5.75 Å². The third-order valence-electron chi connectivity index (χ3n) is 5.25. The van der Waals surface area contributed by atoms with E-state index in [0.717, 1.165) is 26.1 Å². The van der Waals surface area contributed by atoms with Crippen LogP contribution in [0.1, 0.15) is 41.3 Å². The number of hydrogen-bond acceptors (Lipinski definition) is 5. The summed E-state index contributed by atoms with van der Waals surface area (Å²) in [6.07, 6.45) is 0. The average Bonchev–Trinajstić information content (AvgIpc) is 2.99. The lowest BCUT2D eigenvalue weighted by molar-refractivity contribution is -0.138. The lowest BCUT2D eigenvalue weighted by Crippen LogP contribution is -2.29. The highest BCUT2D eigenvalue weighted by atomic mass is 127.